The zero-order valence-corrected chi connectivity index (χ0v) is 15.1. The Kier molecular flexibility index (Phi) is 5.27. The topological polar surface area (TPSA) is 48.5 Å². The van der Waals surface area contributed by atoms with Crippen LogP contribution in [0.2, 0.25) is 0 Å². The molecule has 5 heteroatoms. The number of nitrogens with one attached hydrogen (secondary N) is 1. The van der Waals surface area contributed by atoms with Gasteiger partial charge in [0.15, 0.2) is 0 Å². The van der Waals surface area contributed by atoms with E-state index in [4.69, 9.17) is 0 Å². The van der Waals surface area contributed by atoms with Gasteiger partial charge in [-0.3, -0.25) is 19.6 Å². The fourth-order valence-electron chi connectivity index (χ4n) is 4.23. The second kappa shape index (κ2) is 7.98. The maximum absolute atomic E-state index is 12.5. The highest BCUT2D eigenvalue weighted by Crippen LogP contribution is 2.28. The molecule has 0 unspecified atom stereocenters. The maximum Gasteiger partial charge on any atom is 0.238 e. The average molecular weight is 350 g/mol. The lowest BCUT2D eigenvalue weighted by atomic mass is 9.95. The molecular formula is C21H26N4O. The number of piperidine rings is 1. The number of carbonyl (C=O) groups excluding carboxylic acids is 1. The molecule has 136 valence electrons. The first-order valence-electron chi connectivity index (χ1n) is 9.47. The Balaban J connectivity index is 1.36. The average Bonchev–Trinajstić information content (AvgIpc) is 2.94. The van der Waals surface area contributed by atoms with Crippen LogP contribution < -0.4 is 5.32 Å². The van der Waals surface area contributed by atoms with Crippen LogP contribution in [-0.4, -0.2) is 52.9 Å². The van der Waals surface area contributed by atoms with Gasteiger partial charge in [0.1, 0.15) is 0 Å². The molecule has 0 radical (unpaired) electrons. The number of rotatable bonds is 5. The van der Waals surface area contributed by atoms with Crippen molar-refractivity contribution in [3.63, 3.8) is 0 Å². The molecule has 2 atom stereocenters. The highest BCUT2D eigenvalue weighted by molar-refractivity contribution is 5.92. The van der Waals surface area contributed by atoms with Gasteiger partial charge in [-0.15, -0.1) is 0 Å². The number of amides is 1. The summed E-state index contributed by atoms with van der Waals surface area (Å²) >= 11 is 0. The summed E-state index contributed by atoms with van der Waals surface area (Å²) < 4.78 is 0. The Morgan fingerprint density at radius 3 is 2.69 bits per heavy atom. The van der Waals surface area contributed by atoms with E-state index in [9.17, 15) is 4.79 Å². The van der Waals surface area contributed by atoms with Crippen LogP contribution in [-0.2, 0) is 11.3 Å². The third-order valence-electron chi connectivity index (χ3n) is 5.42. The molecule has 1 N–H and O–H groups in total. The number of hydrogen-bond donors (Lipinski definition) is 1. The Morgan fingerprint density at radius 1 is 1.04 bits per heavy atom. The van der Waals surface area contributed by atoms with E-state index in [0.717, 1.165) is 37.6 Å². The van der Waals surface area contributed by atoms with E-state index >= 15 is 0 Å². The van der Waals surface area contributed by atoms with Crippen molar-refractivity contribution in [1.82, 2.24) is 14.8 Å². The van der Waals surface area contributed by atoms with Crippen LogP contribution in [0.1, 0.15) is 18.5 Å². The monoisotopic (exact) mass is 350 g/mol. The van der Waals surface area contributed by atoms with Gasteiger partial charge < -0.3 is 5.32 Å². The number of benzene rings is 1. The van der Waals surface area contributed by atoms with Gasteiger partial charge >= 0.3 is 0 Å². The van der Waals surface area contributed by atoms with Crippen molar-refractivity contribution in [3.8, 4) is 0 Å². The van der Waals surface area contributed by atoms with Gasteiger partial charge in [0.25, 0.3) is 0 Å². The first-order chi connectivity index (χ1) is 12.8. The molecular weight excluding hydrogens is 324 g/mol. The minimum atomic E-state index is 0.0834. The zero-order chi connectivity index (χ0) is 17.8. The van der Waals surface area contributed by atoms with Gasteiger partial charge in [-0.2, -0.15) is 0 Å². The largest absolute Gasteiger partial charge is 0.325 e. The van der Waals surface area contributed by atoms with E-state index in [1.54, 1.807) is 0 Å². The second-order valence-corrected chi connectivity index (χ2v) is 7.46. The molecule has 2 bridgehead atoms. The number of aromatic nitrogens is 1. The lowest BCUT2D eigenvalue weighted by Gasteiger charge is -2.35. The molecule has 0 aliphatic carbocycles. The van der Waals surface area contributed by atoms with Crippen LogP contribution in [0.4, 0.5) is 5.69 Å². The maximum atomic E-state index is 12.5. The fourth-order valence-corrected chi connectivity index (χ4v) is 4.23. The highest BCUT2D eigenvalue weighted by atomic mass is 16.2. The summed E-state index contributed by atoms with van der Waals surface area (Å²) in [7, 11) is 0. The molecule has 0 spiro atoms. The van der Waals surface area contributed by atoms with E-state index in [2.05, 4.69) is 32.2 Å². The van der Waals surface area contributed by atoms with Crippen molar-refractivity contribution in [2.75, 3.05) is 31.5 Å². The summed E-state index contributed by atoms with van der Waals surface area (Å²) in [5.74, 6) is 0.724. The molecule has 1 aromatic heterocycles. The number of fused-ring (bicyclic) bond motifs is 4. The fraction of sp³-hybridized carbons (Fsp3) is 0.429. The lowest BCUT2D eigenvalue weighted by molar-refractivity contribution is -0.118. The predicted octanol–water partition coefficient (Wildman–Crippen LogP) is 2.62. The van der Waals surface area contributed by atoms with Crippen molar-refractivity contribution < 1.29 is 4.79 Å². The van der Waals surface area contributed by atoms with E-state index in [1.165, 1.54) is 12.8 Å². The Hall–Kier alpha value is -2.24. The second-order valence-electron chi connectivity index (χ2n) is 7.46. The van der Waals surface area contributed by atoms with Gasteiger partial charge in [0.2, 0.25) is 5.91 Å². The standard InChI is InChI=1S/C21H26N4O/c26-21(23-18-6-2-1-3-7-18)16-25-13-17-9-10-20(25)15-24(12-17)14-19-8-4-5-11-22-19/h1-8,11,17,20H,9-10,12-16H2,(H,23,26)/t17-,20+/m1/s1. The summed E-state index contributed by atoms with van der Waals surface area (Å²) in [6.07, 6.45) is 4.31. The van der Waals surface area contributed by atoms with Gasteiger partial charge in [-0.25, -0.2) is 0 Å². The van der Waals surface area contributed by atoms with Crippen LogP contribution in [0.15, 0.2) is 54.7 Å². The van der Waals surface area contributed by atoms with Crippen LogP contribution in [0.3, 0.4) is 0 Å². The van der Waals surface area contributed by atoms with Gasteiger partial charge in [-0.1, -0.05) is 24.3 Å². The Labute approximate surface area is 155 Å². The molecule has 0 saturated carbocycles. The molecule has 1 aromatic carbocycles. The molecule has 3 saturated heterocycles. The van der Waals surface area contributed by atoms with Crippen LogP contribution in [0.5, 0.6) is 0 Å². The van der Waals surface area contributed by atoms with E-state index in [0.29, 0.717) is 18.5 Å². The van der Waals surface area contributed by atoms with Crippen molar-refractivity contribution >= 4 is 11.6 Å². The molecule has 1 amide bonds. The smallest absolute Gasteiger partial charge is 0.238 e. The summed E-state index contributed by atoms with van der Waals surface area (Å²) in [5, 5.41) is 3.02. The summed E-state index contributed by atoms with van der Waals surface area (Å²) in [5.41, 5.74) is 2.00. The van der Waals surface area contributed by atoms with E-state index < -0.39 is 0 Å². The van der Waals surface area contributed by atoms with Crippen LogP contribution >= 0.6 is 0 Å². The van der Waals surface area contributed by atoms with Crippen molar-refractivity contribution in [2.45, 2.75) is 25.4 Å². The number of hydrogen-bond acceptors (Lipinski definition) is 4. The first-order valence-corrected chi connectivity index (χ1v) is 9.47. The molecule has 4 heterocycles. The summed E-state index contributed by atoms with van der Waals surface area (Å²) in [4.78, 5) is 21.8. The normalized spacial score (nSPS) is 23.5. The Bertz CT molecular complexity index is 721. The molecule has 26 heavy (non-hydrogen) atoms. The number of para-hydroxylation sites is 1. The summed E-state index contributed by atoms with van der Waals surface area (Å²) in [6.45, 7) is 4.52. The molecule has 3 fully saturated rings. The third kappa shape index (κ3) is 4.29. The van der Waals surface area contributed by atoms with Crippen molar-refractivity contribution in [3.05, 3.63) is 60.4 Å². The van der Waals surface area contributed by atoms with Crippen molar-refractivity contribution in [2.24, 2.45) is 5.92 Å². The molecule has 3 aliphatic rings. The molecule has 5 rings (SSSR count). The molecule has 5 nitrogen and oxygen atoms in total. The van der Waals surface area contributed by atoms with Crippen LogP contribution in [0.25, 0.3) is 0 Å². The minimum Gasteiger partial charge on any atom is -0.325 e. The first kappa shape index (κ1) is 17.2. The Morgan fingerprint density at radius 2 is 1.88 bits per heavy atom. The predicted molar refractivity (Wildman–Crippen MR) is 103 cm³/mol. The van der Waals surface area contributed by atoms with E-state index in [1.807, 2.05) is 42.6 Å². The van der Waals surface area contributed by atoms with Gasteiger partial charge in [0.05, 0.1) is 12.2 Å². The zero-order valence-electron chi connectivity index (χ0n) is 15.1. The minimum absolute atomic E-state index is 0.0834. The number of pyridine rings is 1. The number of nitrogens with zero attached hydrogens (tertiary/aromatic N) is 3. The SMILES string of the molecule is O=C(CN1C[C@@H]2CC[C@H]1CN(Cc1ccccn1)C2)Nc1ccccc1. The van der Waals surface area contributed by atoms with Gasteiger partial charge in [0, 0.05) is 44.1 Å². The molecule has 2 aromatic rings. The lowest BCUT2D eigenvalue weighted by Crippen LogP contribution is -2.47. The number of carbonyl (C=O) groups is 1. The quantitative estimate of drug-likeness (QED) is 0.901. The van der Waals surface area contributed by atoms with Crippen LogP contribution in [0, 0.1) is 5.92 Å². The van der Waals surface area contributed by atoms with Gasteiger partial charge in [-0.05, 0) is 43.0 Å². The highest BCUT2D eigenvalue weighted by Gasteiger charge is 2.35. The molecule has 3 aliphatic heterocycles. The third-order valence-corrected chi connectivity index (χ3v) is 5.42. The number of anilines is 1. The summed E-state index contributed by atoms with van der Waals surface area (Å²) in [6, 6.07) is 16.3. The van der Waals surface area contributed by atoms with Crippen molar-refractivity contribution in [1.29, 1.82) is 0 Å². The van der Waals surface area contributed by atoms with E-state index in [-0.39, 0.29) is 5.91 Å².